The normalized spacial score (nSPS) is 10.3. The molecule has 136 valence electrons. The van der Waals surface area contributed by atoms with Crippen LogP contribution in [-0.2, 0) is 0 Å². The first kappa shape index (κ1) is 18.9. The van der Waals surface area contributed by atoms with Crippen LogP contribution in [0.4, 0.5) is 11.5 Å². The highest BCUT2D eigenvalue weighted by Crippen LogP contribution is 2.33. The maximum Gasteiger partial charge on any atom is 0.163 e. The Bertz CT molecular complexity index is 1070. The van der Waals surface area contributed by atoms with Gasteiger partial charge in [0.25, 0.3) is 0 Å². The van der Waals surface area contributed by atoms with E-state index >= 15 is 0 Å². The number of fused-ring (bicyclic) bond motifs is 1. The maximum atomic E-state index is 6.15. The highest BCUT2D eigenvalue weighted by molar-refractivity contribution is 6.31. The highest BCUT2D eigenvalue weighted by Gasteiger charge is 2.12. The van der Waals surface area contributed by atoms with Crippen molar-refractivity contribution in [3.63, 3.8) is 0 Å². The maximum absolute atomic E-state index is 6.15. The lowest BCUT2D eigenvalue weighted by Crippen LogP contribution is -2.01. The number of halogens is 2. The number of hydrogen-bond donors (Lipinski definition) is 1. The van der Waals surface area contributed by atoms with Crippen LogP contribution in [0.15, 0.2) is 67.0 Å². The van der Waals surface area contributed by atoms with Crippen molar-refractivity contribution in [2.24, 2.45) is 0 Å². The number of aromatic nitrogens is 3. The van der Waals surface area contributed by atoms with E-state index < -0.39 is 0 Å². The van der Waals surface area contributed by atoms with Gasteiger partial charge in [-0.05, 0) is 42.5 Å². The van der Waals surface area contributed by atoms with Crippen molar-refractivity contribution >= 4 is 46.4 Å². The molecule has 7 heteroatoms. The zero-order chi connectivity index (χ0) is 17.9. The lowest BCUT2D eigenvalue weighted by Gasteiger charge is -2.14. The Morgan fingerprint density at radius 3 is 2.63 bits per heavy atom. The van der Waals surface area contributed by atoms with Crippen molar-refractivity contribution in [2.45, 2.75) is 0 Å². The zero-order valence-electron chi connectivity index (χ0n) is 14.4. The van der Waals surface area contributed by atoms with Gasteiger partial charge in [0.05, 0.1) is 18.3 Å². The summed E-state index contributed by atoms with van der Waals surface area (Å²) in [7, 11) is 1.62. The van der Waals surface area contributed by atoms with Crippen LogP contribution in [0, 0.1) is 0 Å². The number of anilines is 2. The van der Waals surface area contributed by atoms with E-state index in [1.165, 1.54) is 0 Å². The Hall–Kier alpha value is -2.89. The minimum Gasteiger partial charge on any atom is -0.495 e. The molecule has 27 heavy (non-hydrogen) atoms. The van der Waals surface area contributed by atoms with Crippen LogP contribution in [0.2, 0.25) is 5.02 Å². The van der Waals surface area contributed by atoms with Crippen molar-refractivity contribution < 1.29 is 4.74 Å². The molecule has 0 aliphatic carbocycles. The molecular weight excluding hydrogens is 383 g/mol. The van der Waals surface area contributed by atoms with Crippen molar-refractivity contribution in [1.82, 2.24) is 15.0 Å². The van der Waals surface area contributed by atoms with Gasteiger partial charge in [-0.1, -0.05) is 23.7 Å². The molecule has 0 amide bonds. The molecule has 0 saturated carbocycles. The fourth-order valence-electron chi connectivity index (χ4n) is 2.70. The highest BCUT2D eigenvalue weighted by atomic mass is 35.5. The van der Waals surface area contributed by atoms with E-state index in [0.29, 0.717) is 22.4 Å². The third-order valence-electron chi connectivity index (χ3n) is 3.94. The van der Waals surface area contributed by atoms with Crippen LogP contribution in [0.5, 0.6) is 5.75 Å². The molecule has 0 spiro atoms. The molecule has 2 aromatic carbocycles. The smallest absolute Gasteiger partial charge is 0.163 e. The second kappa shape index (κ2) is 8.20. The number of pyridine rings is 1. The first-order valence-corrected chi connectivity index (χ1v) is 8.40. The number of para-hydroxylation sites is 1. The fourth-order valence-corrected chi connectivity index (χ4v) is 2.87. The third-order valence-corrected chi connectivity index (χ3v) is 4.17. The number of benzene rings is 2. The third kappa shape index (κ3) is 3.94. The van der Waals surface area contributed by atoms with E-state index in [1.54, 1.807) is 31.6 Å². The molecule has 0 unspecified atom stereocenters. The van der Waals surface area contributed by atoms with Gasteiger partial charge < -0.3 is 10.1 Å². The predicted molar refractivity (Wildman–Crippen MR) is 111 cm³/mol. The molecule has 0 atom stereocenters. The van der Waals surface area contributed by atoms with Gasteiger partial charge in [-0.3, -0.25) is 4.98 Å². The Labute approximate surface area is 167 Å². The van der Waals surface area contributed by atoms with Gasteiger partial charge in [0.15, 0.2) is 5.82 Å². The minimum atomic E-state index is 0. The average Bonchev–Trinajstić information content (AvgIpc) is 2.69. The van der Waals surface area contributed by atoms with Crippen LogP contribution in [0.3, 0.4) is 0 Å². The monoisotopic (exact) mass is 398 g/mol. The van der Waals surface area contributed by atoms with Gasteiger partial charge in [-0.25, -0.2) is 9.97 Å². The molecular formula is C20H16Cl2N4O. The molecule has 1 N–H and O–H groups in total. The Balaban J connectivity index is 0.00000210. The number of ether oxygens (including phenoxy) is 1. The quantitative estimate of drug-likeness (QED) is 0.490. The summed E-state index contributed by atoms with van der Waals surface area (Å²) in [5, 5.41) is 4.85. The Morgan fingerprint density at radius 2 is 1.85 bits per heavy atom. The van der Waals surface area contributed by atoms with Crippen LogP contribution in [0.1, 0.15) is 0 Å². The number of methoxy groups -OCH3 is 1. The Kier molecular flexibility index (Phi) is 5.74. The summed E-state index contributed by atoms with van der Waals surface area (Å²) >= 11 is 6.15. The summed E-state index contributed by atoms with van der Waals surface area (Å²) in [4.78, 5) is 13.5. The molecule has 0 saturated heterocycles. The second-order valence-electron chi connectivity index (χ2n) is 5.62. The number of hydrogen-bond acceptors (Lipinski definition) is 5. The topological polar surface area (TPSA) is 59.9 Å². The first-order chi connectivity index (χ1) is 12.7. The number of nitrogens with zero attached hydrogens (tertiary/aromatic N) is 3. The second-order valence-corrected chi connectivity index (χ2v) is 6.06. The minimum absolute atomic E-state index is 0. The van der Waals surface area contributed by atoms with Crippen molar-refractivity contribution in [3.8, 4) is 17.1 Å². The molecule has 0 bridgehead atoms. The van der Waals surface area contributed by atoms with E-state index in [9.17, 15) is 0 Å². The largest absolute Gasteiger partial charge is 0.495 e. The first-order valence-electron chi connectivity index (χ1n) is 8.02. The molecule has 0 fully saturated rings. The summed E-state index contributed by atoms with van der Waals surface area (Å²) in [6, 6.07) is 17.0. The van der Waals surface area contributed by atoms with Gasteiger partial charge in [0, 0.05) is 28.4 Å². The summed E-state index contributed by atoms with van der Waals surface area (Å²) in [6.07, 6.45) is 3.47. The van der Waals surface area contributed by atoms with Crippen molar-refractivity contribution in [3.05, 3.63) is 72.0 Å². The lowest BCUT2D eigenvalue weighted by molar-refractivity contribution is 0.417. The average molecular weight is 399 g/mol. The van der Waals surface area contributed by atoms with Crippen LogP contribution < -0.4 is 10.1 Å². The van der Waals surface area contributed by atoms with Crippen molar-refractivity contribution in [1.29, 1.82) is 0 Å². The molecule has 4 rings (SSSR count). The van der Waals surface area contributed by atoms with Gasteiger partial charge in [-0.15, -0.1) is 12.4 Å². The van der Waals surface area contributed by atoms with E-state index in [4.69, 9.17) is 21.3 Å². The number of nitrogens with one attached hydrogen (secondary N) is 1. The van der Waals surface area contributed by atoms with Gasteiger partial charge >= 0.3 is 0 Å². The van der Waals surface area contributed by atoms with Gasteiger partial charge in [0.2, 0.25) is 0 Å². The summed E-state index contributed by atoms with van der Waals surface area (Å²) in [5.41, 5.74) is 2.42. The van der Waals surface area contributed by atoms with E-state index in [1.807, 2.05) is 42.5 Å². The predicted octanol–water partition coefficient (Wildman–Crippen LogP) is 5.52. The molecule has 4 aromatic rings. The molecule has 0 radical (unpaired) electrons. The summed E-state index contributed by atoms with van der Waals surface area (Å²) in [6.45, 7) is 0. The van der Waals surface area contributed by atoms with Crippen LogP contribution in [-0.4, -0.2) is 22.1 Å². The molecule has 2 aromatic heterocycles. The van der Waals surface area contributed by atoms with Gasteiger partial charge in [-0.2, -0.15) is 0 Å². The lowest BCUT2D eigenvalue weighted by atomic mass is 10.2. The molecule has 5 nitrogen and oxygen atoms in total. The van der Waals surface area contributed by atoms with E-state index in [-0.39, 0.29) is 12.4 Å². The standard InChI is InChI=1S/C20H15ClN4O.ClH/c1-26-18-9-8-14(21)11-17(18)24-20-15-6-2-3-7-16(15)23-19(25-20)13-5-4-10-22-12-13;/h2-12H,1H3,(H,23,24,25);1H. The molecule has 0 aliphatic rings. The molecule has 2 heterocycles. The number of rotatable bonds is 4. The van der Waals surface area contributed by atoms with Crippen LogP contribution in [0.25, 0.3) is 22.3 Å². The summed E-state index contributed by atoms with van der Waals surface area (Å²) < 4.78 is 5.42. The van der Waals surface area contributed by atoms with Crippen molar-refractivity contribution in [2.75, 3.05) is 12.4 Å². The summed E-state index contributed by atoms with van der Waals surface area (Å²) in [5.74, 6) is 1.95. The van der Waals surface area contributed by atoms with E-state index in [2.05, 4.69) is 15.3 Å². The zero-order valence-corrected chi connectivity index (χ0v) is 16.0. The Morgan fingerprint density at radius 1 is 1.00 bits per heavy atom. The van der Waals surface area contributed by atoms with Crippen LogP contribution >= 0.6 is 24.0 Å². The fraction of sp³-hybridized carbons (Fsp3) is 0.0500. The van der Waals surface area contributed by atoms with E-state index in [0.717, 1.165) is 22.2 Å². The van der Waals surface area contributed by atoms with Gasteiger partial charge in [0.1, 0.15) is 11.6 Å². The molecule has 0 aliphatic heterocycles. The SMILES string of the molecule is COc1ccc(Cl)cc1Nc1nc(-c2cccnc2)nc2ccccc12.Cl.